The van der Waals surface area contributed by atoms with Gasteiger partial charge in [-0.2, -0.15) is 0 Å². The molecule has 0 aliphatic carbocycles. The molecule has 4 aliphatic rings. The predicted molar refractivity (Wildman–Crippen MR) is 217 cm³/mol. The van der Waals surface area contributed by atoms with Crippen LogP contribution in [0.15, 0.2) is 73.2 Å². The highest BCUT2D eigenvalue weighted by molar-refractivity contribution is 5.90. The number of fused-ring (bicyclic) bond motifs is 8. The number of rotatable bonds is 13. The Morgan fingerprint density at radius 1 is 1.05 bits per heavy atom. The molecule has 18 heteroatoms. The van der Waals surface area contributed by atoms with Crippen molar-refractivity contribution in [2.75, 3.05) is 20.3 Å². The predicted octanol–water partition coefficient (Wildman–Crippen LogP) is 1.75. The van der Waals surface area contributed by atoms with Gasteiger partial charge in [-0.1, -0.05) is 36.4 Å². The van der Waals surface area contributed by atoms with Crippen LogP contribution in [0, 0.1) is 0 Å². The van der Waals surface area contributed by atoms with E-state index in [1.54, 1.807) is 6.07 Å². The fourth-order valence-electron chi connectivity index (χ4n) is 9.37. The molecule has 2 aromatic heterocycles. The van der Waals surface area contributed by atoms with Crippen molar-refractivity contribution >= 4 is 22.8 Å². The summed E-state index contributed by atoms with van der Waals surface area (Å²) < 4.78 is 45.8. The number of aliphatic hydroxyl groups is 4. The molecule has 10 N–H and O–H groups in total. The number of nitrogens with one attached hydrogen (secondary N) is 1. The summed E-state index contributed by atoms with van der Waals surface area (Å²) in [6.07, 6.45) is -6.22. The minimum atomic E-state index is -2.22. The number of carboxylic acids is 1. The first-order valence-corrected chi connectivity index (χ1v) is 20.3. The SMILES string of the molecule is COc1ccc2c(c1OCCO)OC1c3c(cc4c(c3Cn3cc5cc[nH]c5c3)CCC3(O)C(O4)OC(C(OC(=O)CC(=O)O)C(N)N)C(O)C3O)OC(Cc3ccccc3)C21. The zero-order valence-electron chi connectivity index (χ0n) is 33.6. The number of hydrogen-bond acceptors (Lipinski definition) is 15. The Bertz CT molecular complexity index is 2440. The van der Waals surface area contributed by atoms with Gasteiger partial charge in [-0.3, -0.25) is 9.59 Å². The highest BCUT2D eigenvalue weighted by Crippen LogP contribution is 2.60. The molecule has 4 aliphatic heterocycles. The van der Waals surface area contributed by atoms with Gasteiger partial charge in [0.2, 0.25) is 12.0 Å². The van der Waals surface area contributed by atoms with E-state index in [0.29, 0.717) is 35.0 Å². The van der Waals surface area contributed by atoms with E-state index >= 15 is 0 Å². The molecule has 9 rings (SSSR count). The standard InChI is InChI=1S/C44H48N4O14/c1-56-27-8-7-24-33-29(15-21-5-3-2-4-6-21)58-30-16-28-23(9-11-44(55)41(54)35(53)39(62-43(44)59-28)40(42(45)46)60-32(52)17-31(50)51)25(19-48-18-22-10-12-47-26(22)20-48)34(30)38(33)61-36(24)37(27)57-14-13-49/h2-8,10,12,16,18,20,29,33,35,38-43,47,49,53-55H,9,11,13-15,17,19,45-46H2,1H3,(H,50,51). The van der Waals surface area contributed by atoms with Gasteiger partial charge in [-0.15, -0.1) is 0 Å². The van der Waals surface area contributed by atoms with Crippen LogP contribution in [-0.4, -0.2) is 116 Å². The molecule has 9 atom stereocenters. The largest absolute Gasteiger partial charge is 0.493 e. The number of aromatic amines is 1. The van der Waals surface area contributed by atoms with E-state index < -0.39 is 73.0 Å². The quantitative estimate of drug-likeness (QED) is 0.0476. The summed E-state index contributed by atoms with van der Waals surface area (Å²) >= 11 is 0. The van der Waals surface area contributed by atoms with Crippen molar-refractivity contribution in [3.63, 3.8) is 0 Å². The Kier molecular flexibility index (Phi) is 11.0. The second-order valence-corrected chi connectivity index (χ2v) is 16.1. The number of aliphatic carboxylic acids is 1. The van der Waals surface area contributed by atoms with Crippen molar-refractivity contribution in [2.24, 2.45) is 11.5 Å². The fourth-order valence-corrected chi connectivity index (χ4v) is 9.37. The summed E-state index contributed by atoms with van der Waals surface area (Å²) in [5, 5.41) is 55.2. The van der Waals surface area contributed by atoms with Crippen LogP contribution in [0.2, 0.25) is 0 Å². The molecule has 3 aromatic carbocycles. The Morgan fingerprint density at radius 2 is 1.85 bits per heavy atom. The zero-order valence-corrected chi connectivity index (χ0v) is 33.6. The molecule has 0 amide bonds. The van der Waals surface area contributed by atoms with E-state index in [-0.39, 0.29) is 44.3 Å². The average Bonchev–Trinajstić information content (AvgIpc) is 3.94. The fraction of sp³-hybridized carbons (Fsp3) is 0.409. The number of aliphatic hydroxyl groups excluding tert-OH is 3. The van der Waals surface area contributed by atoms with Crippen LogP contribution in [0.4, 0.5) is 0 Å². The van der Waals surface area contributed by atoms with Gasteiger partial charge in [0.05, 0.1) is 31.3 Å². The maximum Gasteiger partial charge on any atom is 0.317 e. The molecular weight excluding hydrogens is 808 g/mol. The second-order valence-electron chi connectivity index (χ2n) is 16.1. The van der Waals surface area contributed by atoms with Gasteiger partial charge in [-0.05, 0) is 36.1 Å². The van der Waals surface area contributed by atoms with Crippen molar-refractivity contribution in [1.82, 2.24) is 9.55 Å². The van der Waals surface area contributed by atoms with Crippen LogP contribution < -0.4 is 35.2 Å². The van der Waals surface area contributed by atoms with Gasteiger partial charge in [-0.25, -0.2) is 0 Å². The summed E-state index contributed by atoms with van der Waals surface area (Å²) in [5.74, 6) is -1.13. The highest BCUT2D eigenvalue weighted by atomic mass is 16.7. The number of ether oxygens (including phenoxy) is 7. The van der Waals surface area contributed by atoms with Gasteiger partial charge in [0.1, 0.15) is 55.0 Å². The maximum atomic E-state index is 12.5. The smallest absolute Gasteiger partial charge is 0.317 e. The maximum absolute atomic E-state index is 12.5. The number of aromatic nitrogens is 2. The molecule has 0 spiro atoms. The van der Waals surface area contributed by atoms with Crippen molar-refractivity contribution in [3.8, 4) is 28.7 Å². The van der Waals surface area contributed by atoms with E-state index in [1.165, 1.54) is 7.11 Å². The Morgan fingerprint density at radius 3 is 2.58 bits per heavy atom. The molecule has 1 saturated heterocycles. The summed E-state index contributed by atoms with van der Waals surface area (Å²) in [4.78, 5) is 27.0. The molecule has 5 aromatic rings. The summed E-state index contributed by atoms with van der Waals surface area (Å²) in [6.45, 7) is 0.0489. The van der Waals surface area contributed by atoms with Gasteiger partial charge < -0.3 is 79.7 Å². The summed E-state index contributed by atoms with van der Waals surface area (Å²) in [6, 6.07) is 17.3. The summed E-state index contributed by atoms with van der Waals surface area (Å²) in [7, 11) is 1.53. The minimum Gasteiger partial charge on any atom is -0.493 e. The van der Waals surface area contributed by atoms with Crippen molar-refractivity contribution in [1.29, 1.82) is 0 Å². The highest BCUT2D eigenvalue weighted by Gasteiger charge is 2.60. The lowest BCUT2D eigenvalue weighted by Gasteiger charge is -2.48. The van der Waals surface area contributed by atoms with Crippen LogP contribution in [0.5, 0.6) is 28.7 Å². The Hall–Kier alpha value is -5.86. The van der Waals surface area contributed by atoms with E-state index in [0.717, 1.165) is 33.2 Å². The third-order valence-electron chi connectivity index (χ3n) is 12.2. The molecule has 0 saturated carbocycles. The van der Waals surface area contributed by atoms with Crippen molar-refractivity contribution < 1.29 is 68.3 Å². The molecule has 6 heterocycles. The zero-order chi connectivity index (χ0) is 43.4. The molecular formula is C44H48N4O14. The van der Waals surface area contributed by atoms with E-state index in [2.05, 4.69) is 4.98 Å². The van der Waals surface area contributed by atoms with Gasteiger partial charge >= 0.3 is 11.9 Å². The molecule has 9 unspecified atom stereocenters. The molecule has 0 radical (unpaired) electrons. The van der Waals surface area contributed by atoms with Crippen molar-refractivity contribution in [3.05, 3.63) is 101 Å². The third kappa shape index (κ3) is 7.26. The minimum absolute atomic E-state index is 0.000798. The Balaban J connectivity index is 1.17. The van der Waals surface area contributed by atoms with Gasteiger partial charge in [0.15, 0.2) is 23.2 Å². The number of hydrogen-bond donors (Lipinski definition) is 8. The van der Waals surface area contributed by atoms with Crippen LogP contribution in [0.3, 0.4) is 0 Å². The number of H-pyrrole nitrogens is 1. The molecule has 62 heavy (non-hydrogen) atoms. The number of benzene rings is 3. The van der Waals surface area contributed by atoms with Gasteiger partial charge in [0.25, 0.3) is 0 Å². The Labute approximate surface area is 354 Å². The molecule has 328 valence electrons. The van der Waals surface area contributed by atoms with Crippen molar-refractivity contribution in [2.45, 2.75) is 92.8 Å². The van der Waals surface area contributed by atoms with Crippen LogP contribution in [-0.2, 0) is 38.4 Å². The van der Waals surface area contributed by atoms with E-state index in [4.69, 9.17) is 49.7 Å². The number of carbonyl (C=O) groups excluding carboxylic acids is 1. The monoisotopic (exact) mass is 856 g/mol. The number of nitrogens with zero attached hydrogens (tertiary/aromatic N) is 1. The summed E-state index contributed by atoms with van der Waals surface area (Å²) in [5.41, 5.74) is 14.6. The van der Waals surface area contributed by atoms with Crippen LogP contribution >= 0.6 is 0 Å². The van der Waals surface area contributed by atoms with Crippen LogP contribution in [0.25, 0.3) is 10.9 Å². The number of nitrogens with two attached hydrogens (primary N) is 2. The number of carboxylic acid groups (broad SMARTS) is 1. The molecule has 18 nitrogen and oxygen atoms in total. The third-order valence-corrected chi connectivity index (χ3v) is 12.2. The second kappa shape index (κ2) is 16.4. The average molecular weight is 857 g/mol. The normalized spacial score (nSPS) is 26.4. The lowest BCUT2D eigenvalue weighted by atomic mass is 9.78. The van der Waals surface area contributed by atoms with E-state index in [1.807, 2.05) is 71.7 Å². The first kappa shape index (κ1) is 41.5. The lowest BCUT2D eigenvalue weighted by molar-refractivity contribution is -0.329. The number of esters is 1. The molecule has 0 bridgehead atoms. The first-order valence-electron chi connectivity index (χ1n) is 20.3. The first-order chi connectivity index (χ1) is 29.9. The lowest BCUT2D eigenvalue weighted by Crippen LogP contribution is -2.71. The molecule has 1 fully saturated rings. The number of carbonyl (C=O) groups is 2. The van der Waals surface area contributed by atoms with E-state index in [9.17, 15) is 30.0 Å². The number of methoxy groups -OCH3 is 1. The van der Waals surface area contributed by atoms with Crippen LogP contribution in [0.1, 0.15) is 52.7 Å². The van der Waals surface area contributed by atoms with Gasteiger partial charge in [0, 0.05) is 59.7 Å². The topological polar surface area (TPSA) is 273 Å².